The Morgan fingerprint density at radius 1 is 1.15 bits per heavy atom. The van der Waals surface area contributed by atoms with Gasteiger partial charge < -0.3 is 10.6 Å². The van der Waals surface area contributed by atoms with E-state index in [0.717, 1.165) is 42.7 Å². The smallest absolute Gasteiger partial charge is 0.191 e. The molecule has 0 spiro atoms. The van der Waals surface area contributed by atoms with Crippen molar-refractivity contribution in [3.63, 3.8) is 0 Å². The number of imidazole rings is 1. The fraction of sp³-hybridized carbons (Fsp3) is 0.333. The lowest BCUT2D eigenvalue weighted by Crippen LogP contribution is -2.37. The van der Waals surface area contributed by atoms with Crippen molar-refractivity contribution in [3.05, 3.63) is 60.6 Å². The van der Waals surface area contributed by atoms with E-state index in [0.29, 0.717) is 6.54 Å². The molecule has 9 heteroatoms. The summed E-state index contributed by atoms with van der Waals surface area (Å²) < 4.78 is 3.88. The van der Waals surface area contributed by atoms with Crippen LogP contribution in [0.2, 0.25) is 0 Å². The molecule has 3 aromatic heterocycles. The number of rotatable bonds is 7. The summed E-state index contributed by atoms with van der Waals surface area (Å²) in [5.41, 5.74) is 1.09. The molecular formula is C18H25IN8. The molecular weight excluding hydrogens is 455 g/mol. The van der Waals surface area contributed by atoms with Gasteiger partial charge in [0.15, 0.2) is 5.96 Å². The van der Waals surface area contributed by atoms with Gasteiger partial charge >= 0.3 is 0 Å². The fourth-order valence-corrected chi connectivity index (χ4v) is 2.57. The van der Waals surface area contributed by atoms with E-state index in [-0.39, 0.29) is 24.0 Å². The molecule has 0 saturated carbocycles. The number of aliphatic imine (C=N–C) groups is 1. The normalized spacial score (nSPS) is 11.1. The lowest BCUT2D eigenvalue weighted by Gasteiger charge is -2.12. The van der Waals surface area contributed by atoms with Gasteiger partial charge in [-0.15, -0.1) is 24.0 Å². The van der Waals surface area contributed by atoms with Crippen LogP contribution in [0.15, 0.2) is 54.2 Å². The van der Waals surface area contributed by atoms with Gasteiger partial charge in [-0.3, -0.25) is 14.2 Å². The van der Waals surface area contributed by atoms with Crippen LogP contribution in [0.1, 0.15) is 17.8 Å². The van der Waals surface area contributed by atoms with Gasteiger partial charge in [0.25, 0.3) is 0 Å². The van der Waals surface area contributed by atoms with Gasteiger partial charge in [-0.05, 0) is 31.0 Å². The van der Waals surface area contributed by atoms with Gasteiger partial charge in [-0.25, -0.2) is 9.97 Å². The van der Waals surface area contributed by atoms with Crippen LogP contribution >= 0.6 is 24.0 Å². The molecule has 0 unspecified atom stereocenters. The number of nitrogens with one attached hydrogen (secondary N) is 2. The SMILES string of the molecule is CN=C(NCCCn1cccn1)NCc1ccc(-n2ccnc2C)nc1.I. The zero-order valence-corrected chi connectivity index (χ0v) is 17.9. The van der Waals surface area contributed by atoms with E-state index in [2.05, 4.69) is 36.8 Å². The Labute approximate surface area is 176 Å². The van der Waals surface area contributed by atoms with Crippen LogP contribution in [0.5, 0.6) is 0 Å². The first-order valence-corrected chi connectivity index (χ1v) is 8.63. The summed E-state index contributed by atoms with van der Waals surface area (Å²) in [4.78, 5) is 13.0. The minimum Gasteiger partial charge on any atom is -0.356 e. The van der Waals surface area contributed by atoms with E-state index in [4.69, 9.17) is 0 Å². The molecule has 144 valence electrons. The lowest BCUT2D eigenvalue weighted by molar-refractivity contribution is 0.570. The number of nitrogens with zero attached hydrogens (tertiary/aromatic N) is 6. The summed E-state index contributed by atoms with van der Waals surface area (Å²) in [6.07, 6.45) is 10.3. The quantitative estimate of drug-likeness (QED) is 0.234. The molecule has 0 aliphatic rings. The number of aryl methyl sites for hydroxylation is 2. The molecule has 3 aromatic rings. The number of guanidine groups is 1. The third-order valence-electron chi connectivity index (χ3n) is 3.98. The molecule has 0 bridgehead atoms. The molecule has 0 aliphatic heterocycles. The zero-order valence-electron chi connectivity index (χ0n) is 15.5. The number of aromatic nitrogens is 5. The second kappa shape index (κ2) is 10.7. The molecule has 2 N–H and O–H groups in total. The topological polar surface area (TPSA) is 85.0 Å². The van der Waals surface area contributed by atoms with Crippen LogP contribution in [0.25, 0.3) is 5.82 Å². The third-order valence-corrected chi connectivity index (χ3v) is 3.98. The monoisotopic (exact) mass is 480 g/mol. The van der Waals surface area contributed by atoms with Crippen LogP contribution in [0.4, 0.5) is 0 Å². The first-order valence-electron chi connectivity index (χ1n) is 8.63. The van der Waals surface area contributed by atoms with Crippen molar-refractivity contribution >= 4 is 29.9 Å². The molecule has 0 atom stereocenters. The summed E-state index contributed by atoms with van der Waals surface area (Å²) in [5, 5.41) is 10.8. The van der Waals surface area contributed by atoms with Crippen LogP contribution < -0.4 is 10.6 Å². The molecule has 0 aromatic carbocycles. The summed E-state index contributed by atoms with van der Waals surface area (Å²) in [6, 6.07) is 5.98. The maximum Gasteiger partial charge on any atom is 0.191 e. The Morgan fingerprint density at radius 2 is 2.04 bits per heavy atom. The average molecular weight is 480 g/mol. The minimum absolute atomic E-state index is 0. The van der Waals surface area contributed by atoms with Crippen LogP contribution in [-0.2, 0) is 13.1 Å². The van der Waals surface area contributed by atoms with Crippen molar-refractivity contribution in [1.29, 1.82) is 0 Å². The Balaban J connectivity index is 0.00000261. The molecule has 0 radical (unpaired) electrons. The van der Waals surface area contributed by atoms with Crippen molar-refractivity contribution in [2.75, 3.05) is 13.6 Å². The third kappa shape index (κ3) is 6.05. The molecule has 0 amide bonds. The molecule has 27 heavy (non-hydrogen) atoms. The van der Waals surface area contributed by atoms with E-state index < -0.39 is 0 Å². The number of hydrogen-bond acceptors (Lipinski definition) is 4. The van der Waals surface area contributed by atoms with E-state index >= 15 is 0 Å². The van der Waals surface area contributed by atoms with Gasteiger partial charge in [-0.1, -0.05) is 6.07 Å². The van der Waals surface area contributed by atoms with Crippen molar-refractivity contribution < 1.29 is 0 Å². The van der Waals surface area contributed by atoms with Crippen molar-refractivity contribution in [2.24, 2.45) is 4.99 Å². The van der Waals surface area contributed by atoms with Crippen LogP contribution in [0, 0.1) is 6.92 Å². The number of halogens is 1. The van der Waals surface area contributed by atoms with Gasteiger partial charge in [0.1, 0.15) is 11.6 Å². The zero-order chi connectivity index (χ0) is 18.2. The van der Waals surface area contributed by atoms with Crippen molar-refractivity contribution in [2.45, 2.75) is 26.4 Å². The predicted octanol–water partition coefficient (Wildman–Crippen LogP) is 2.15. The first kappa shape index (κ1) is 20.9. The lowest BCUT2D eigenvalue weighted by atomic mass is 10.3. The van der Waals surface area contributed by atoms with Crippen LogP contribution in [0.3, 0.4) is 0 Å². The van der Waals surface area contributed by atoms with Gasteiger partial charge in [0, 0.05) is 57.7 Å². The summed E-state index contributed by atoms with van der Waals surface area (Å²) in [7, 11) is 1.77. The Morgan fingerprint density at radius 3 is 2.67 bits per heavy atom. The van der Waals surface area contributed by atoms with Crippen molar-refractivity contribution in [1.82, 2.24) is 34.9 Å². The van der Waals surface area contributed by atoms with E-state index in [1.54, 1.807) is 19.4 Å². The molecule has 0 aliphatic carbocycles. The number of pyridine rings is 1. The van der Waals surface area contributed by atoms with Gasteiger partial charge in [0.05, 0.1) is 0 Å². The van der Waals surface area contributed by atoms with Gasteiger partial charge in [-0.2, -0.15) is 5.10 Å². The molecule has 0 fully saturated rings. The number of hydrogen-bond donors (Lipinski definition) is 2. The Hall–Kier alpha value is -2.43. The largest absolute Gasteiger partial charge is 0.356 e. The Bertz CT molecular complexity index is 823. The average Bonchev–Trinajstić information content (AvgIpc) is 3.33. The van der Waals surface area contributed by atoms with E-state index in [1.165, 1.54) is 0 Å². The maximum absolute atomic E-state index is 4.50. The molecule has 0 saturated heterocycles. The second-order valence-electron chi connectivity index (χ2n) is 5.84. The van der Waals surface area contributed by atoms with Crippen molar-refractivity contribution in [3.8, 4) is 5.82 Å². The Kier molecular flexibility index (Phi) is 8.24. The molecule has 3 rings (SSSR count). The van der Waals surface area contributed by atoms with E-state index in [1.807, 2.05) is 46.9 Å². The highest BCUT2D eigenvalue weighted by Crippen LogP contribution is 2.08. The molecule has 3 heterocycles. The highest BCUT2D eigenvalue weighted by Gasteiger charge is 2.03. The fourth-order valence-electron chi connectivity index (χ4n) is 2.57. The highest BCUT2D eigenvalue weighted by atomic mass is 127. The summed E-state index contributed by atoms with van der Waals surface area (Å²) in [5.74, 6) is 2.56. The maximum atomic E-state index is 4.50. The summed E-state index contributed by atoms with van der Waals surface area (Å²) >= 11 is 0. The predicted molar refractivity (Wildman–Crippen MR) is 117 cm³/mol. The minimum atomic E-state index is 0. The van der Waals surface area contributed by atoms with E-state index in [9.17, 15) is 0 Å². The summed E-state index contributed by atoms with van der Waals surface area (Å²) in [6.45, 7) is 4.33. The van der Waals surface area contributed by atoms with Crippen LogP contribution in [-0.4, -0.2) is 43.9 Å². The molecule has 8 nitrogen and oxygen atoms in total. The first-order chi connectivity index (χ1) is 12.8. The van der Waals surface area contributed by atoms with Gasteiger partial charge in [0.2, 0.25) is 0 Å². The second-order valence-corrected chi connectivity index (χ2v) is 5.84. The standard InChI is InChI=1S/C18H24N8.HI/c1-15-20-9-12-26(15)17-6-5-16(13-22-17)14-23-18(19-2)21-7-3-10-25-11-4-8-24-25;/h4-6,8-9,11-13H,3,7,10,14H2,1-2H3,(H2,19,21,23);1H. The highest BCUT2D eigenvalue weighted by molar-refractivity contribution is 14.0.